The number of hydrogen-bond donors (Lipinski definition) is 1. The van der Waals surface area contributed by atoms with Gasteiger partial charge >= 0.3 is 0 Å². The summed E-state index contributed by atoms with van der Waals surface area (Å²) in [6.45, 7) is 4.01. The van der Waals surface area contributed by atoms with E-state index in [-0.39, 0.29) is 6.10 Å². The lowest BCUT2D eigenvalue weighted by Gasteiger charge is -2.19. The Kier molecular flexibility index (Phi) is 6.35. The molecule has 1 fully saturated rings. The third-order valence-corrected chi connectivity index (χ3v) is 3.95. The summed E-state index contributed by atoms with van der Waals surface area (Å²) in [4.78, 5) is 0. The number of unbranched alkanes of at least 4 members (excludes halogenated alkanes) is 2. The molecule has 1 aliphatic carbocycles. The Balaban J connectivity index is 1.87. The fourth-order valence-corrected chi connectivity index (χ4v) is 2.54. The van der Waals surface area contributed by atoms with Crippen LogP contribution < -0.4 is 5.32 Å². The van der Waals surface area contributed by atoms with Crippen LogP contribution in [0.15, 0.2) is 28.7 Å². The molecule has 1 atom stereocenters. The smallest absolute Gasteiger partial charge is 0.0949 e. The van der Waals surface area contributed by atoms with Gasteiger partial charge in [-0.15, -0.1) is 0 Å². The fourth-order valence-electron chi connectivity index (χ4n) is 2.12. The maximum atomic E-state index is 6.08. The average molecular weight is 326 g/mol. The van der Waals surface area contributed by atoms with Crippen molar-refractivity contribution in [2.24, 2.45) is 0 Å². The van der Waals surface area contributed by atoms with Crippen LogP contribution in [0.25, 0.3) is 0 Å². The minimum atomic E-state index is 0.176. The van der Waals surface area contributed by atoms with Crippen molar-refractivity contribution in [2.75, 3.05) is 13.2 Å². The van der Waals surface area contributed by atoms with Gasteiger partial charge in [0.2, 0.25) is 0 Å². The van der Waals surface area contributed by atoms with Gasteiger partial charge in [-0.1, -0.05) is 47.8 Å². The number of halogens is 1. The molecule has 19 heavy (non-hydrogen) atoms. The molecule has 0 radical (unpaired) electrons. The molecule has 0 spiro atoms. The molecule has 1 aromatic carbocycles. The van der Waals surface area contributed by atoms with Crippen molar-refractivity contribution in [3.05, 3.63) is 34.3 Å². The summed E-state index contributed by atoms with van der Waals surface area (Å²) >= 11 is 3.54. The standard InChI is InChI=1S/C16H24BrNO/c1-2-3-4-10-19-16(12-18-15-8-9-15)13-6-5-7-14(17)11-13/h5-7,11,15-16,18H,2-4,8-10,12H2,1H3. The molecule has 2 rings (SSSR count). The first kappa shape index (κ1) is 15.0. The molecule has 0 aromatic heterocycles. The van der Waals surface area contributed by atoms with Crippen molar-refractivity contribution in [3.8, 4) is 0 Å². The van der Waals surface area contributed by atoms with Gasteiger partial charge in [0.05, 0.1) is 6.10 Å². The molecule has 0 saturated heterocycles. The Bertz CT molecular complexity index is 379. The monoisotopic (exact) mass is 325 g/mol. The Hall–Kier alpha value is -0.380. The molecule has 1 saturated carbocycles. The van der Waals surface area contributed by atoms with E-state index in [1.54, 1.807) is 0 Å². The van der Waals surface area contributed by atoms with Gasteiger partial charge in [-0.05, 0) is 37.0 Å². The second kappa shape index (κ2) is 8.03. The van der Waals surface area contributed by atoms with Crippen molar-refractivity contribution in [1.29, 1.82) is 0 Å². The van der Waals surface area contributed by atoms with Crippen LogP contribution in [0.4, 0.5) is 0 Å². The fraction of sp³-hybridized carbons (Fsp3) is 0.625. The minimum Gasteiger partial charge on any atom is -0.372 e. The van der Waals surface area contributed by atoms with E-state index >= 15 is 0 Å². The highest BCUT2D eigenvalue weighted by molar-refractivity contribution is 9.10. The van der Waals surface area contributed by atoms with E-state index in [1.165, 1.54) is 31.2 Å². The second-order valence-electron chi connectivity index (χ2n) is 5.30. The summed E-state index contributed by atoms with van der Waals surface area (Å²) in [7, 11) is 0. The second-order valence-corrected chi connectivity index (χ2v) is 6.22. The van der Waals surface area contributed by atoms with Crippen LogP contribution >= 0.6 is 15.9 Å². The molecule has 1 aromatic rings. The van der Waals surface area contributed by atoms with Gasteiger partial charge in [-0.25, -0.2) is 0 Å². The van der Waals surface area contributed by atoms with E-state index in [2.05, 4.69) is 52.4 Å². The first-order valence-corrected chi connectivity index (χ1v) is 8.19. The SMILES string of the molecule is CCCCCOC(CNC1CC1)c1cccc(Br)c1. The van der Waals surface area contributed by atoms with Gasteiger partial charge in [0.1, 0.15) is 0 Å². The van der Waals surface area contributed by atoms with E-state index in [4.69, 9.17) is 4.74 Å². The molecule has 0 heterocycles. The van der Waals surface area contributed by atoms with Crippen molar-refractivity contribution in [1.82, 2.24) is 5.32 Å². The predicted octanol–water partition coefficient (Wildman–Crippen LogP) is 4.45. The summed E-state index contributed by atoms with van der Waals surface area (Å²) in [5, 5.41) is 3.58. The highest BCUT2D eigenvalue weighted by Crippen LogP contribution is 2.24. The van der Waals surface area contributed by atoms with Crippen molar-refractivity contribution < 1.29 is 4.74 Å². The van der Waals surface area contributed by atoms with Crippen LogP contribution in [0.1, 0.15) is 50.7 Å². The van der Waals surface area contributed by atoms with Gasteiger partial charge in [0, 0.05) is 23.7 Å². The molecule has 2 nitrogen and oxygen atoms in total. The molecule has 0 amide bonds. The number of ether oxygens (including phenoxy) is 1. The molecule has 106 valence electrons. The van der Waals surface area contributed by atoms with Gasteiger partial charge in [0.15, 0.2) is 0 Å². The summed E-state index contributed by atoms with van der Waals surface area (Å²) in [5.74, 6) is 0. The quantitative estimate of drug-likeness (QED) is 0.677. The average Bonchev–Trinajstić information content (AvgIpc) is 3.22. The highest BCUT2D eigenvalue weighted by Gasteiger charge is 2.22. The lowest BCUT2D eigenvalue weighted by molar-refractivity contribution is 0.0497. The van der Waals surface area contributed by atoms with Gasteiger partial charge in [0.25, 0.3) is 0 Å². The van der Waals surface area contributed by atoms with Crippen LogP contribution in [-0.2, 0) is 4.74 Å². The Morgan fingerprint density at radius 3 is 2.89 bits per heavy atom. The summed E-state index contributed by atoms with van der Waals surface area (Å²) < 4.78 is 7.20. The predicted molar refractivity (Wildman–Crippen MR) is 83.4 cm³/mol. The number of benzene rings is 1. The molecular formula is C16H24BrNO. The Labute approximate surface area is 125 Å². The summed E-state index contributed by atoms with van der Waals surface area (Å²) in [6.07, 6.45) is 6.47. The zero-order valence-corrected chi connectivity index (χ0v) is 13.3. The van der Waals surface area contributed by atoms with Crippen LogP contribution in [0.5, 0.6) is 0 Å². The van der Waals surface area contributed by atoms with Crippen LogP contribution in [0.3, 0.4) is 0 Å². The largest absolute Gasteiger partial charge is 0.372 e. The third kappa shape index (κ3) is 5.64. The molecule has 0 aliphatic heterocycles. The lowest BCUT2D eigenvalue weighted by atomic mass is 10.1. The first-order valence-electron chi connectivity index (χ1n) is 7.40. The third-order valence-electron chi connectivity index (χ3n) is 3.46. The van der Waals surface area contributed by atoms with Gasteiger partial charge < -0.3 is 10.1 Å². The van der Waals surface area contributed by atoms with E-state index < -0.39 is 0 Å². The maximum Gasteiger partial charge on any atom is 0.0949 e. The van der Waals surface area contributed by atoms with Gasteiger partial charge in [-0.2, -0.15) is 0 Å². The molecule has 0 bridgehead atoms. The Morgan fingerprint density at radius 2 is 2.21 bits per heavy atom. The van der Waals surface area contributed by atoms with Crippen LogP contribution in [-0.4, -0.2) is 19.2 Å². The molecule has 1 N–H and O–H groups in total. The molecule has 1 unspecified atom stereocenters. The van der Waals surface area contributed by atoms with Crippen molar-refractivity contribution in [2.45, 2.75) is 51.2 Å². The van der Waals surface area contributed by atoms with E-state index in [0.29, 0.717) is 0 Å². The lowest BCUT2D eigenvalue weighted by Crippen LogP contribution is -2.25. The Morgan fingerprint density at radius 1 is 1.37 bits per heavy atom. The molecule has 3 heteroatoms. The zero-order valence-electron chi connectivity index (χ0n) is 11.7. The molecular weight excluding hydrogens is 302 g/mol. The van der Waals surface area contributed by atoms with Crippen molar-refractivity contribution in [3.63, 3.8) is 0 Å². The zero-order chi connectivity index (χ0) is 13.5. The number of nitrogens with one attached hydrogen (secondary N) is 1. The first-order chi connectivity index (χ1) is 9.29. The van der Waals surface area contributed by atoms with E-state index in [1.807, 2.05) is 0 Å². The van der Waals surface area contributed by atoms with Crippen LogP contribution in [0.2, 0.25) is 0 Å². The van der Waals surface area contributed by atoms with Crippen LogP contribution in [0, 0.1) is 0 Å². The number of rotatable bonds is 9. The topological polar surface area (TPSA) is 21.3 Å². The van der Waals surface area contributed by atoms with E-state index in [9.17, 15) is 0 Å². The van der Waals surface area contributed by atoms with Gasteiger partial charge in [-0.3, -0.25) is 0 Å². The normalized spacial score (nSPS) is 16.5. The number of hydrogen-bond acceptors (Lipinski definition) is 2. The molecule has 1 aliphatic rings. The minimum absolute atomic E-state index is 0.176. The van der Waals surface area contributed by atoms with E-state index in [0.717, 1.165) is 30.1 Å². The van der Waals surface area contributed by atoms with Crippen molar-refractivity contribution >= 4 is 15.9 Å². The highest BCUT2D eigenvalue weighted by atomic mass is 79.9. The maximum absolute atomic E-state index is 6.08. The summed E-state index contributed by atoms with van der Waals surface area (Å²) in [6, 6.07) is 9.20. The summed E-state index contributed by atoms with van der Waals surface area (Å²) in [5.41, 5.74) is 1.26.